The minimum absolute atomic E-state index is 0.514. The van der Waals surface area contributed by atoms with Crippen LogP contribution < -0.4 is 5.32 Å². The van der Waals surface area contributed by atoms with Gasteiger partial charge in [-0.2, -0.15) is 13.2 Å². The molecule has 0 rings (SSSR count). The van der Waals surface area contributed by atoms with Crippen LogP contribution in [0.2, 0.25) is 0 Å². The van der Waals surface area contributed by atoms with Crippen molar-refractivity contribution in [1.82, 2.24) is 5.32 Å². The van der Waals surface area contributed by atoms with Crippen LogP contribution in [-0.4, -0.2) is 19.1 Å². The molecule has 0 saturated carbocycles. The zero-order valence-electron chi connectivity index (χ0n) is 6.12. The Kier molecular flexibility index (Phi) is 3.10. The second-order valence-corrected chi connectivity index (χ2v) is 1.94. The highest BCUT2D eigenvalue weighted by atomic mass is 19.4. The van der Waals surface area contributed by atoms with Gasteiger partial charge < -0.3 is 5.32 Å². The van der Waals surface area contributed by atoms with Gasteiger partial charge in [-0.15, -0.1) is 0 Å². The van der Waals surface area contributed by atoms with E-state index in [1.54, 1.807) is 0 Å². The maximum atomic E-state index is 11.7. The molecular weight excluding hydrogens is 159 g/mol. The van der Waals surface area contributed by atoms with Crippen molar-refractivity contribution in [3.8, 4) is 0 Å². The number of halogens is 3. The second-order valence-electron chi connectivity index (χ2n) is 1.94. The van der Waals surface area contributed by atoms with Gasteiger partial charge in [0, 0.05) is 18.7 Å². The molecule has 1 amide bonds. The molecule has 5 heteroatoms. The number of hydrogen-bond acceptors (Lipinski definition) is 1. The molecule has 0 atom stereocenters. The summed E-state index contributed by atoms with van der Waals surface area (Å²) in [5.74, 6) is -0.750. The van der Waals surface area contributed by atoms with E-state index < -0.39 is 17.7 Å². The van der Waals surface area contributed by atoms with Gasteiger partial charge >= 0.3 is 6.18 Å². The summed E-state index contributed by atoms with van der Waals surface area (Å²) in [5.41, 5.74) is -0.906. The van der Waals surface area contributed by atoms with Gasteiger partial charge in [-0.25, -0.2) is 0 Å². The molecule has 11 heavy (non-hydrogen) atoms. The fourth-order valence-electron chi connectivity index (χ4n) is 0.351. The first kappa shape index (κ1) is 10.0. The van der Waals surface area contributed by atoms with Crippen molar-refractivity contribution < 1.29 is 18.0 Å². The molecule has 0 heterocycles. The normalized spacial score (nSPS) is 13.0. The molecule has 0 spiro atoms. The number of likely N-dealkylation sites (N-methyl/N-ethyl adjacent to an activating group) is 1. The molecule has 2 nitrogen and oxygen atoms in total. The maximum Gasteiger partial charge on any atom is 0.412 e. The van der Waals surface area contributed by atoms with Crippen LogP contribution in [0.5, 0.6) is 0 Å². The van der Waals surface area contributed by atoms with Gasteiger partial charge in [0.05, 0.1) is 0 Å². The third-order valence-corrected chi connectivity index (χ3v) is 1.04. The van der Waals surface area contributed by atoms with Gasteiger partial charge in [-0.1, -0.05) is 0 Å². The number of nitrogens with one attached hydrogen (secondary N) is 1. The summed E-state index contributed by atoms with van der Waals surface area (Å²) in [5, 5.41) is 2.05. The van der Waals surface area contributed by atoms with E-state index in [-0.39, 0.29) is 0 Å². The minimum Gasteiger partial charge on any atom is -0.356 e. The lowest BCUT2D eigenvalue weighted by Crippen LogP contribution is -2.18. The number of amides is 1. The summed E-state index contributed by atoms with van der Waals surface area (Å²) >= 11 is 0. The molecular formula is C6H8F3NO. The molecule has 0 unspecified atom stereocenters. The van der Waals surface area contributed by atoms with Gasteiger partial charge in [0.1, 0.15) is 0 Å². The quantitative estimate of drug-likeness (QED) is 0.585. The average molecular weight is 167 g/mol. The first-order valence-electron chi connectivity index (χ1n) is 2.85. The van der Waals surface area contributed by atoms with Gasteiger partial charge in [-0.3, -0.25) is 4.79 Å². The van der Waals surface area contributed by atoms with Gasteiger partial charge in [0.25, 0.3) is 0 Å². The zero-order valence-corrected chi connectivity index (χ0v) is 6.12. The van der Waals surface area contributed by atoms with E-state index in [1.165, 1.54) is 7.05 Å². The van der Waals surface area contributed by atoms with Crippen molar-refractivity contribution in [2.75, 3.05) is 7.05 Å². The summed E-state index contributed by atoms with van der Waals surface area (Å²) in [4.78, 5) is 10.4. The van der Waals surface area contributed by atoms with Crippen molar-refractivity contribution >= 4 is 5.91 Å². The molecule has 0 aliphatic carbocycles. The first-order chi connectivity index (χ1) is 4.88. The maximum absolute atomic E-state index is 11.7. The highest BCUT2D eigenvalue weighted by Gasteiger charge is 2.30. The number of hydrogen-bond donors (Lipinski definition) is 1. The van der Waals surface area contributed by atoms with Crippen molar-refractivity contribution in [2.45, 2.75) is 13.1 Å². The van der Waals surface area contributed by atoms with Crippen LogP contribution in [0, 0.1) is 0 Å². The summed E-state index contributed by atoms with van der Waals surface area (Å²) in [6.07, 6.45) is -3.90. The fraction of sp³-hybridized carbons (Fsp3) is 0.500. The molecule has 0 aromatic heterocycles. The fourth-order valence-corrected chi connectivity index (χ4v) is 0.351. The summed E-state index contributed by atoms with van der Waals surface area (Å²) in [6.45, 7) is 0.842. The van der Waals surface area contributed by atoms with E-state index in [9.17, 15) is 18.0 Å². The van der Waals surface area contributed by atoms with E-state index in [0.29, 0.717) is 6.08 Å². The molecule has 64 valence electrons. The Morgan fingerprint density at radius 3 is 2.18 bits per heavy atom. The molecule has 0 aromatic rings. The largest absolute Gasteiger partial charge is 0.412 e. The molecule has 0 aromatic carbocycles. The summed E-state index contributed by atoms with van der Waals surface area (Å²) in [6, 6.07) is 0. The smallest absolute Gasteiger partial charge is 0.356 e. The molecule has 0 aliphatic rings. The summed E-state index contributed by atoms with van der Waals surface area (Å²) in [7, 11) is 1.27. The zero-order chi connectivity index (χ0) is 9.07. The predicted octanol–water partition coefficient (Wildman–Crippen LogP) is 1.24. The third kappa shape index (κ3) is 3.64. The standard InChI is InChI=1S/C6H8F3NO/c1-4(6(7,8)9)3-5(11)10-2/h3H,1-2H3,(H,10,11)/b4-3+. The highest BCUT2D eigenvalue weighted by Crippen LogP contribution is 2.24. The van der Waals surface area contributed by atoms with Crippen LogP contribution >= 0.6 is 0 Å². The lowest BCUT2D eigenvalue weighted by molar-refractivity contribution is -0.117. The van der Waals surface area contributed by atoms with Crippen LogP contribution in [0.3, 0.4) is 0 Å². The molecule has 0 fully saturated rings. The Hall–Kier alpha value is -1.00. The topological polar surface area (TPSA) is 29.1 Å². The van der Waals surface area contributed by atoms with Crippen LogP contribution in [0.1, 0.15) is 6.92 Å². The van der Waals surface area contributed by atoms with Crippen LogP contribution in [0.25, 0.3) is 0 Å². The molecule has 0 saturated heterocycles. The first-order valence-corrected chi connectivity index (χ1v) is 2.85. The monoisotopic (exact) mass is 167 g/mol. The lowest BCUT2D eigenvalue weighted by Gasteiger charge is -2.04. The van der Waals surface area contributed by atoms with Crippen molar-refractivity contribution in [2.24, 2.45) is 0 Å². The summed E-state index contributed by atoms with van der Waals surface area (Å²) < 4.78 is 35.1. The van der Waals surface area contributed by atoms with Crippen LogP contribution in [0.4, 0.5) is 13.2 Å². The van der Waals surface area contributed by atoms with E-state index in [1.807, 2.05) is 0 Å². The van der Waals surface area contributed by atoms with Crippen molar-refractivity contribution in [3.05, 3.63) is 11.6 Å². The third-order valence-electron chi connectivity index (χ3n) is 1.04. The number of rotatable bonds is 1. The number of carbonyl (C=O) groups excluding carboxylic acids is 1. The Labute approximate surface area is 62.1 Å². The van der Waals surface area contributed by atoms with Crippen LogP contribution in [0.15, 0.2) is 11.6 Å². The average Bonchev–Trinajstić information content (AvgIpc) is 1.85. The number of carbonyl (C=O) groups is 1. The molecule has 0 radical (unpaired) electrons. The van der Waals surface area contributed by atoms with E-state index in [0.717, 1.165) is 6.92 Å². The van der Waals surface area contributed by atoms with E-state index >= 15 is 0 Å². The van der Waals surface area contributed by atoms with Crippen molar-refractivity contribution in [3.63, 3.8) is 0 Å². The SMILES string of the molecule is CNC(=O)/C=C(\C)C(F)(F)F. The lowest BCUT2D eigenvalue weighted by atomic mass is 10.3. The predicted molar refractivity (Wildman–Crippen MR) is 33.9 cm³/mol. The molecule has 1 N–H and O–H groups in total. The van der Waals surface area contributed by atoms with E-state index in [4.69, 9.17) is 0 Å². The van der Waals surface area contributed by atoms with Gasteiger partial charge in [0.2, 0.25) is 5.91 Å². The molecule has 0 aliphatic heterocycles. The molecule has 0 bridgehead atoms. The Morgan fingerprint density at radius 2 is 1.91 bits per heavy atom. The van der Waals surface area contributed by atoms with Gasteiger partial charge in [0.15, 0.2) is 0 Å². The Bertz CT molecular complexity index is 183. The van der Waals surface area contributed by atoms with Gasteiger partial charge in [-0.05, 0) is 6.92 Å². The van der Waals surface area contributed by atoms with Crippen molar-refractivity contribution in [1.29, 1.82) is 0 Å². The number of allylic oxidation sites excluding steroid dienone is 1. The van der Waals surface area contributed by atoms with E-state index in [2.05, 4.69) is 5.32 Å². The highest BCUT2D eigenvalue weighted by molar-refractivity contribution is 5.87. The number of alkyl halides is 3. The minimum atomic E-state index is -4.41. The van der Waals surface area contributed by atoms with Crippen LogP contribution in [-0.2, 0) is 4.79 Å². The Balaban J connectivity index is 4.35. The second kappa shape index (κ2) is 3.41. The Morgan fingerprint density at radius 1 is 1.45 bits per heavy atom.